The highest BCUT2D eigenvalue weighted by atomic mass is 15.4. The number of aromatic nitrogens is 3. The van der Waals surface area contributed by atoms with E-state index in [0.29, 0.717) is 11.5 Å². The van der Waals surface area contributed by atoms with Crippen LogP contribution in [0.2, 0.25) is 0 Å². The lowest BCUT2D eigenvalue weighted by Gasteiger charge is -2.48. The van der Waals surface area contributed by atoms with Crippen molar-refractivity contribution in [3.63, 3.8) is 0 Å². The Balaban J connectivity index is 1.24. The summed E-state index contributed by atoms with van der Waals surface area (Å²) in [6, 6.07) is 24.4. The van der Waals surface area contributed by atoms with Crippen molar-refractivity contribution in [2.75, 3.05) is 30.4 Å². The lowest BCUT2D eigenvalue weighted by Crippen LogP contribution is -2.59. The molecule has 2 aliphatic heterocycles. The molecular weight excluding hydrogens is 420 g/mol. The number of benzene rings is 2. The molecule has 2 saturated heterocycles. The van der Waals surface area contributed by atoms with Gasteiger partial charge >= 0.3 is 0 Å². The standard InChI is InChI=1S/C28H28N6/c1-18(19-8-4-3-5-9-19)30-25-14-20(12-13-29-25)26-31-22-11-7-6-10-21(22)27(32-26)34-17-28-15-23(28)33(2)16-24(28)34/h3-14,18,23-24H,15-17H2,1-2H3,(H,29,30)/t18-,23?,24?,28?/m0/s1. The van der Waals surface area contributed by atoms with E-state index >= 15 is 0 Å². The van der Waals surface area contributed by atoms with E-state index in [4.69, 9.17) is 9.97 Å². The van der Waals surface area contributed by atoms with E-state index in [1.807, 2.05) is 18.3 Å². The van der Waals surface area contributed by atoms with E-state index in [1.165, 1.54) is 12.0 Å². The van der Waals surface area contributed by atoms with Crippen LogP contribution in [0, 0.1) is 5.41 Å². The number of hydrogen-bond donors (Lipinski definition) is 1. The van der Waals surface area contributed by atoms with E-state index in [0.717, 1.165) is 53.1 Å². The number of para-hydroxylation sites is 1. The van der Waals surface area contributed by atoms with Gasteiger partial charge < -0.3 is 15.1 Å². The van der Waals surface area contributed by atoms with Crippen molar-refractivity contribution in [2.45, 2.75) is 31.5 Å². The van der Waals surface area contributed by atoms with Gasteiger partial charge in [0.25, 0.3) is 0 Å². The molecule has 1 saturated carbocycles. The van der Waals surface area contributed by atoms with Crippen LogP contribution >= 0.6 is 0 Å². The zero-order chi connectivity index (χ0) is 22.9. The number of anilines is 2. The Morgan fingerprint density at radius 1 is 1.00 bits per heavy atom. The molecule has 2 aromatic carbocycles. The first-order valence-electron chi connectivity index (χ1n) is 12.1. The van der Waals surface area contributed by atoms with Crippen molar-refractivity contribution < 1.29 is 0 Å². The molecule has 4 aromatic rings. The van der Waals surface area contributed by atoms with Crippen LogP contribution in [0.4, 0.5) is 11.6 Å². The molecule has 34 heavy (non-hydrogen) atoms. The molecule has 6 heteroatoms. The summed E-state index contributed by atoms with van der Waals surface area (Å²) in [5.74, 6) is 2.65. The molecule has 4 heterocycles. The summed E-state index contributed by atoms with van der Waals surface area (Å²) in [5, 5.41) is 4.67. The number of likely N-dealkylation sites (N-methyl/N-ethyl adjacent to an activating group) is 1. The van der Waals surface area contributed by atoms with Crippen molar-refractivity contribution in [1.82, 2.24) is 19.9 Å². The van der Waals surface area contributed by atoms with E-state index in [1.54, 1.807) is 0 Å². The number of nitrogens with one attached hydrogen (secondary N) is 1. The van der Waals surface area contributed by atoms with Gasteiger partial charge in [-0.3, -0.25) is 0 Å². The normalized spacial score (nSPS) is 26.0. The Hall–Kier alpha value is -3.51. The first-order chi connectivity index (χ1) is 16.6. The first kappa shape index (κ1) is 19.9. The topological polar surface area (TPSA) is 57.2 Å². The highest BCUT2D eigenvalue weighted by molar-refractivity contribution is 5.92. The Bertz CT molecular complexity index is 1390. The molecule has 0 bridgehead atoms. The summed E-state index contributed by atoms with van der Waals surface area (Å²) in [5.41, 5.74) is 3.70. The summed E-state index contributed by atoms with van der Waals surface area (Å²) in [6.45, 7) is 4.38. The monoisotopic (exact) mass is 448 g/mol. The predicted molar refractivity (Wildman–Crippen MR) is 136 cm³/mol. The number of piperidine rings is 1. The minimum atomic E-state index is 0.153. The third-order valence-corrected chi connectivity index (χ3v) is 8.11. The molecule has 4 atom stereocenters. The number of pyridine rings is 1. The average molecular weight is 449 g/mol. The Morgan fingerprint density at radius 3 is 2.65 bits per heavy atom. The maximum Gasteiger partial charge on any atom is 0.162 e. The fourth-order valence-corrected chi connectivity index (χ4v) is 6.16. The van der Waals surface area contributed by atoms with Crippen LogP contribution in [0.5, 0.6) is 0 Å². The number of fused-ring (bicyclic) bond motifs is 1. The fourth-order valence-electron chi connectivity index (χ4n) is 6.16. The minimum absolute atomic E-state index is 0.153. The molecule has 170 valence electrons. The highest BCUT2D eigenvalue weighted by Gasteiger charge is 2.73. The number of likely N-dealkylation sites (tertiary alicyclic amines) is 1. The van der Waals surface area contributed by atoms with Crippen LogP contribution in [0.3, 0.4) is 0 Å². The van der Waals surface area contributed by atoms with Gasteiger partial charge in [0.2, 0.25) is 0 Å². The lowest BCUT2D eigenvalue weighted by atomic mass is 9.86. The molecule has 2 aromatic heterocycles. The Labute approximate surface area is 199 Å². The van der Waals surface area contributed by atoms with Gasteiger partial charge in [-0.1, -0.05) is 42.5 Å². The SMILES string of the molecule is C[C@H](Nc1cc(-c2nc(N3CC45CC4N(C)CC35)c3ccccc3n2)ccn1)c1ccccc1. The van der Waals surface area contributed by atoms with Crippen LogP contribution in [-0.2, 0) is 0 Å². The second-order valence-electron chi connectivity index (χ2n) is 10.1. The lowest BCUT2D eigenvalue weighted by molar-refractivity contribution is 0.292. The number of nitrogens with zero attached hydrogens (tertiary/aromatic N) is 5. The van der Waals surface area contributed by atoms with Crippen LogP contribution in [0.1, 0.15) is 24.9 Å². The largest absolute Gasteiger partial charge is 0.364 e. The van der Waals surface area contributed by atoms with Crippen LogP contribution in [0.15, 0.2) is 72.9 Å². The van der Waals surface area contributed by atoms with Crippen LogP contribution in [0.25, 0.3) is 22.3 Å². The van der Waals surface area contributed by atoms with Crippen molar-refractivity contribution in [1.29, 1.82) is 0 Å². The maximum atomic E-state index is 5.15. The summed E-state index contributed by atoms with van der Waals surface area (Å²) in [7, 11) is 2.27. The van der Waals surface area contributed by atoms with Crippen molar-refractivity contribution in [3.05, 3.63) is 78.5 Å². The van der Waals surface area contributed by atoms with Gasteiger partial charge in [0.15, 0.2) is 5.82 Å². The smallest absolute Gasteiger partial charge is 0.162 e. The Morgan fingerprint density at radius 2 is 1.82 bits per heavy atom. The Kier molecular flexibility index (Phi) is 4.24. The highest BCUT2D eigenvalue weighted by Crippen LogP contribution is 2.65. The molecule has 1 N–H and O–H groups in total. The van der Waals surface area contributed by atoms with E-state index < -0.39 is 0 Å². The zero-order valence-electron chi connectivity index (χ0n) is 19.5. The van der Waals surface area contributed by atoms with E-state index in [-0.39, 0.29) is 6.04 Å². The van der Waals surface area contributed by atoms with Gasteiger partial charge in [0.05, 0.1) is 11.6 Å². The number of rotatable bonds is 5. The second kappa shape index (κ2) is 7.24. The summed E-state index contributed by atoms with van der Waals surface area (Å²) >= 11 is 0. The molecule has 1 spiro atoms. The van der Waals surface area contributed by atoms with Crippen molar-refractivity contribution in [2.24, 2.45) is 5.41 Å². The second-order valence-corrected chi connectivity index (χ2v) is 10.1. The van der Waals surface area contributed by atoms with Crippen molar-refractivity contribution in [3.8, 4) is 11.4 Å². The summed E-state index contributed by atoms with van der Waals surface area (Å²) in [4.78, 5) is 19.7. The molecule has 1 aliphatic carbocycles. The van der Waals surface area contributed by atoms with Crippen LogP contribution in [-0.4, -0.2) is 52.1 Å². The van der Waals surface area contributed by atoms with Crippen LogP contribution < -0.4 is 10.2 Å². The maximum absolute atomic E-state index is 5.15. The third-order valence-electron chi connectivity index (χ3n) is 8.11. The molecule has 0 amide bonds. The molecule has 7 rings (SSSR count). The third kappa shape index (κ3) is 2.95. The van der Waals surface area contributed by atoms with E-state index in [2.05, 4.69) is 88.7 Å². The van der Waals surface area contributed by atoms with Gasteiger partial charge in [0, 0.05) is 47.7 Å². The van der Waals surface area contributed by atoms with Gasteiger partial charge in [-0.2, -0.15) is 0 Å². The van der Waals surface area contributed by atoms with Crippen molar-refractivity contribution >= 4 is 22.5 Å². The molecular formula is C28H28N6. The molecule has 6 nitrogen and oxygen atoms in total. The zero-order valence-corrected chi connectivity index (χ0v) is 19.5. The van der Waals surface area contributed by atoms with Gasteiger partial charge in [-0.15, -0.1) is 0 Å². The van der Waals surface area contributed by atoms with Gasteiger partial charge in [-0.05, 0) is 50.2 Å². The number of hydrogen-bond acceptors (Lipinski definition) is 6. The fraction of sp³-hybridized carbons (Fsp3) is 0.321. The van der Waals surface area contributed by atoms with Gasteiger partial charge in [-0.25, -0.2) is 15.0 Å². The predicted octanol–water partition coefficient (Wildman–Crippen LogP) is 4.76. The molecule has 3 unspecified atom stereocenters. The summed E-state index contributed by atoms with van der Waals surface area (Å²) < 4.78 is 0. The minimum Gasteiger partial charge on any atom is -0.364 e. The quantitative estimate of drug-likeness (QED) is 0.475. The van der Waals surface area contributed by atoms with E-state index in [9.17, 15) is 0 Å². The average Bonchev–Trinajstić information content (AvgIpc) is 3.60. The molecule has 3 fully saturated rings. The first-order valence-corrected chi connectivity index (χ1v) is 12.1. The summed E-state index contributed by atoms with van der Waals surface area (Å²) in [6.07, 6.45) is 3.17. The molecule has 0 radical (unpaired) electrons. The molecule has 3 aliphatic rings. The van der Waals surface area contributed by atoms with Gasteiger partial charge in [0.1, 0.15) is 11.6 Å².